The van der Waals surface area contributed by atoms with Crippen LogP contribution in [-0.4, -0.2) is 36.3 Å². The summed E-state index contributed by atoms with van der Waals surface area (Å²) in [6.45, 7) is 6.20. The molecule has 1 aromatic carbocycles. The summed E-state index contributed by atoms with van der Waals surface area (Å²) in [6, 6.07) is 12.2. The van der Waals surface area contributed by atoms with E-state index in [-0.39, 0.29) is 18.0 Å². The quantitative estimate of drug-likeness (QED) is 0.606. The van der Waals surface area contributed by atoms with E-state index in [0.717, 1.165) is 29.1 Å². The molecular formula is C20H26N4OS. The Balaban J connectivity index is 1.82. The molecule has 1 aliphatic rings. The summed E-state index contributed by atoms with van der Waals surface area (Å²) < 4.78 is 0. The number of fused-ring (bicyclic) bond motifs is 1. The first-order valence-corrected chi connectivity index (χ1v) is 9.99. The first kappa shape index (κ1) is 18.6. The molecule has 2 atom stereocenters. The highest BCUT2D eigenvalue weighted by Crippen LogP contribution is 2.33. The van der Waals surface area contributed by atoms with Crippen LogP contribution in [-0.2, 0) is 4.79 Å². The fourth-order valence-electron chi connectivity index (χ4n) is 3.44. The molecule has 3 rings (SSSR count). The molecule has 0 saturated carbocycles. The van der Waals surface area contributed by atoms with Crippen molar-refractivity contribution < 1.29 is 4.79 Å². The van der Waals surface area contributed by atoms with Gasteiger partial charge >= 0.3 is 0 Å². The van der Waals surface area contributed by atoms with E-state index in [0.29, 0.717) is 18.8 Å². The molecule has 0 bridgehead atoms. The van der Waals surface area contributed by atoms with Gasteiger partial charge in [-0.15, -0.1) is 11.3 Å². The Labute approximate surface area is 158 Å². The molecule has 5 nitrogen and oxygen atoms in total. The van der Waals surface area contributed by atoms with Gasteiger partial charge in [-0.05, 0) is 36.4 Å². The zero-order valence-corrected chi connectivity index (χ0v) is 16.1. The van der Waals surface area contributed by atoms with Crippen LogP contribution in [0.4, 0.5) is 0 Å². The van der Waals surface area contributed by atoms with Crippen LogP contribution >= 0.6 is 11.3 Å². The van der Waals surface area contributed by atoms with Crippen LogP contribution in [0.25, 0.3) is 0 Å². The Morgan fingerprint density at radius 2 is 1.96 bits per heavy atom. The van der Waals surface area contributed by atoms with E-state index in [2.05, 4.69) is 17.4 Å². The first-order valence-electron chi connectivity index (χ1n) is 9.11. The molecule has 2 heterocycles. The SMILES string of the molecule is CCN(CC)C(=O)CC1NCC(N=C(N)c2cccs2)c2ccccc21. The summed E-state index contributed by atoms with van der Waals surface area (Å²) in [5, 5.41) is 5.50. The van der Waals surface area contributed by atoms with Gasteiger partial charge in [0, 0.05) is 32.1 Å². The van der Waals surface area contributed by atoms with Crippen molar-refractivity contribution in [1.82, 2.24) is 10.2 Å². The second-order valence-corrected chi connectivity index (χ2v) is 7.32. The highest BCUT2D eigenvalue weighted by Gasteiger charge is 2.28. The molecule has 1 aromatic heterocycles. The van der Waals surface area contributed by atoms with Crippen molar-refractivity contribution in [1.29, 1.82) is 0 Å². The zero-order valence-electron chi connectivity index (χ0n) is 15.3. The topological polar surface area (TPSA) is 70.7 Å². The molecule has 0 spiro atoms. The van der Waals surface area contributed by atoms with Crippen LogP contribution in [0.1, 0.15) is 48.4 Å². The molecular weight excluding hydrogens is 344 g/mol. The molecule has 3 N–H and O–H groups in total. The molecule has 0 saturated heterocycles. The fourth-order valence-corrected chi connectivity index (χ4v) is 4.07. The maximum atomic E-state index is 12.5. The van der Waals surface area contributed by atoms with Gasteiger partial charge in [-0.25, -0.2) is 0 Å². The minimum absolute atomic E-state index is 0.0220. The summed E-state index contributed by atoms with van der Waals surface area (Å²) in [5.41, 5.74) is 8.49. The Kier molecular flexibility index (Phi) is 6.06. The maximum absolute atomic E-state index is 12.5. The lowest BCUT2D eigenvalue weighted by atomic mass is 9.89. The van der Waals surface area contributed by atoms with Crippen LogP contribution in [0.2, 0.25) is 0 Å². The second-order valence-electron chi connectivity index (χ2n) is 6.37. The van der Waals surface area contributed by atoms with Crippen LogP contribution in [0.5, 0.6) is 0 Å². The van der Waals surface area contributed by atoms with E-state index < -0.39 is 0 Å². The first-order chi connectivity index (χ1) is 12.6. The Morgan fingerprint density at radius 3 is 2.62 bits per heavy atom. The van der Waals surface area contributed by atoms with Crippen molar-refractivity contribution in [2.75, 3.05) is 19.6 Å². The van der Waals surface area contributed by atoms with Crippen molar-refractivity contribution in [2.45, 2.75) is 32.4 Å². The molecule has 1 amide bonds. The standard InChI is InChI=1S/C20H26N4OS/c1-3-24(4-2)19(25)12-16-14-8-5-6-9-15(14)17(13-22-16)23-20(21)18-10-7-11-26-18/h5-11,16-17,22H,3-4,12-13H2,1-2H3,(H2,21,23). The third kappa shape index (κ3) is 3.97. The van der Waals surface area contributed by atoms with E-state index in [1.165, 1.54) is 0 Å². The fraction of sp³-hybridized carbons (Fsp3) is 0.400. The number of carbonyl (C=O) groups excluding carboxylic acids is 1. The molecule has 138 valence electrons. The van der Waals surface area contributed by atoms with Gasteiger partial charge < -0.3 is 16.0 Å². The molecule has 0 radical (unpaired) electrons. The Bertz CT molecular complexity index is 768. The smallest absolute Gasteiger partial charge is 0.224 e. The lowest BCUT2D eigenvalue weighted by molar-refractivity contribution is -0.131. The minimum Gasteiger partial charge on any atom is -0.383 e. The maximum Gasteiger partial charge on any atom is 0.224 e. The predicted molar refractivity (Wildman–Crippen MR) is 108 cm³/mol. The number of amidine groups is 1. The number of amides is 1. The van der Waals surface area contributed by atoms with Crippen molar-refractivity contribution in [2.24, 2.45) is 10.7 Å². The minimum atomic E-state index is -0.0342. The van der Waals surface area contributed by atoms with Gasteiger partial charge in [-0.3, -0.25) is 9.79 Å². The third-order valence-corrected chi connectivity index (χ3v) is 5.74. The van der Waals surface area contributed by atoms with Crippen molar-refractivity contribution in [3.05, 3.63) is 57.8 Å². The van der Waals surface area contributed by atoms with Crippen LogP contribution in [0.15, 0.2) is 46.8 Å². The lowest BCUT2D eigenvalue weighted by Crippen LogP contribution is -2.38. The van der Waals surface area contributed by atoms with E-state index in [4.69, 9.17) is 10.7 Å². The highest BCUT2D eigenvalue weighted by atomic mass is 32.1. The molecule has 0 aliphatic carbocycles. The van der Waals surface area contributed by atoms with Gasteiger partial charge in [0.15, 0.2) is 0 Å². The molecule has 0 fully saturated rings. The predicted octanol–water partition coefficient (Wildman–Crippen LogP) is 3.10. The van der Waals surface area contributed by atoms with Crippen molar-refractivity contribution in [3.8, 4) is 0 Å². The van der Waals surface area contributed by atoms with Gasteiger partial charge in [0.05, 0.1) is 10.9 Å². The summed E-state index contributed by atoms with van der Waals surface area (Å²) >= 11 is 1.59. The average molecular weight is 371 g/mol. The number of thiophene rings is 1. The highest BCUT2D eigenvalue weighted by molar-refractivity contribution is 7.12. The van der Waals surface area contributed by atoms with Crippen LogP contribution in [0.3, 0.4) is 0 Å². The number of benzene rings is 1. The van der Waals surface area contributed by atoms with Crippen molar-refractivity contribution in [3.63, 3.8) is 0 Å². The third-order valence-electron chi connectivity index (χ3n) is 4.85. The monoisotopic (exact) mass is 370 g/mol. The van der Waals surface area contributed by atoms with Gasteiger partial charge in [-0.1, -0.05) is 30.3 Å². The number of rotatable bonds is 6. The second kappa shape index (κ2) is 8.47. The van der Waals surface area contributed by atoms with Gasteiger partial charge in [0.2, 0.25) is 5.91 Å². The van der Waals surface area contributed by atoms with E-state index in [1.54, 1.807) is 11.3 Å². The summed E-state index contributed by atoms with van der Waals surface area (Å²) in [4.78, 5) is 20.2. The largest absolute Gasteiger partial charge is 0.383 e. The van der Waals surface area contributed by atoms with Gasteiger partial charge in [0.25, 0.3) is 0 Å². The van der Waals surface area contributed by atoms with Crippen LogP contribution in [0, 0.1) is 0 Å². The van der Waals surface area contributed by atoms with E-state index >= 15 is 0 Å². The molecule has 6 heteroatoms. The number of aliphatic imine (C=N–C) groups is 1. The molecule has 2 unspecified atom stereocenters. The zero-order chi connectivity index (χ0) is 18.5. The number of nitrogens with zero attached hydrogens (tertiary/aromatic N) is 2. The Hall–Kier alpha value is -2.18. The molecule has 1 aliphatic heterocycles. The average Bonchev–Trinajstić information content (AvgIpc) is 3.19. The Morgan fingerprint density at radius 1 is 1.23 bits per heavy atom. The number of nitrogens with one attached hydrogen (secondary N) is 1. The van der Waals surface area contributed by atoms with Crippen LogP contribution < -0.4 is 11.1 Å². The van der Waals surface area contributed by atoms with Crippen molar-refractivity contribution >= 4 is 23.1 Å². The number of carbonyl (C=O) groups is 1. The van der Waals surface area contributed by atoms with E-state index in [9.17, 15) is 4.79 Å². The normalized spacial score (nSPS) is 19.8. The summed E-state index contributed by atoms with van der Waals surface area (Å²) in [5.74, 6) is 0.752. The number of hydrogen-bond donors (Lipinski definition) is 2. The number of nitrogens with two attached hydrogens (primary N) is 1. The molecule has 2 aromatic rings. The lowest BCUT2D eigenvalue weighted by Gasteiger charge is -2.32. The van der Waals surface area contributed by atoms with Gasteiger partial charge in [-0.2, -0.15) is 0 Å². The van der Waals surface area contributed by atoms with E-state index in [1.807, 2.05) is 48.4 Å². The number of hydrogen-bond acceptors (Lipinski definition) is 4. The molecule has 26 heavy (non-hydrogen) atoms. The van der Waals surface area contributed by atoms with Gasteiger partial charge in [0.1, 0.15) is 5.84 Å². The summed E-state index contributed by atoms with van der Waals surface area (Å²) in [7, 11) is 0. The summed E-state index contributed by atoms with van der Waals surface area (Å²) in [6.07, 6.45) is 0.468.